The molecule has 3 aromatic rings. The van der Waals surface area contributed by atoms with E-state index in [1.165, 1.54) is 0 Å². The van der Waals surface area contributed by atoms with Crippen LogP contribution in [0.15, 0.2) is 66.7 Å². The topological polar surface area (TPSA) is 44.8 Å². The van der Waals surface area contributed by atoms with Gasteiger partial charge in [0.1, 0.15) is 17.2 Å². The largest absolute Gasteiger partial charge is 0.647 e. The third kappa shape index (κ3) is 4.93. The molecule has 0 saturated heterocycles. The molecule has 140 valence electrons. The maximum atomic E-state index is 13.5. The summed E-state index contributed by atoms with van der Waals surface area (Å²) in [6.45, 7) is 7.82. The number of aryl methyl sites for hydroxylation is 3. The van der Waals surface area contributed by atoms with Crippen LogP contribution in [0.4, 0.5) is 0 Å². The van der Waals surface area contributed by atoms with Crippen molar-refractivity contribution in [1.29, 1.82) is 0 Å². The smallest absolute Gasteiger partial charge is 0.386 e. The molecule has 0 fully saturated rings. The molecule has 0 N–H and O–H groups in total. The molecule has 0 aliphatic heterocycles. The van der Waals surface area contributed by atoms with Gasteiger partial charge in [-0.3, -0.25) is 0 Å². The van der Waals surface area contributed by atoms with Gasteiger partial charge in [0.15, 0.2) is 0 Å². The predicted molar refractivity (Wildman–Crippen MR) is 108 cm³/mol. The van der Waals surface area contributed by atoms with E-state index in [0.717, 1.165) is 22.3 Å². The van der Waals surface area contributed by atoms with Crippen molar-refractivity contribution in [3.63, 3.8) is 0 Å². The van der Waals surface area contributed by atoms with Gasteiger partial charge in [-0.2, -0.15) is 4.57 Å². The van der Waals surface area contributed by atoms with Gasteiger partial charge in [-0.15, -0.1) is 0 Å². The van der Waals surface area contributed by atoms with Gasteiger partial charge in [0, 0.05) is 0 Å². The zero-order chi connectivity index (χ0) is 19.4. The Kier molecular flexibility index (Phi) is 5.57. The van der Waals surface area contributed by atoms with Crippen LogP contribution in [0.2, 0.25) is 0 Å². The van der Waals surface area contributed by atoms with Crippen LogP contribution < -0.4 is 13.6 Å². The molecule has 0 aliphatic carbocycles. The molecular weight excluding hydrogens is 359 g/mol. The van der Waals surface area contributed by atoms with E-state index in [2.05, 4.69) is 0 Å². The van der Waals surface area contributed by atoms with E-state index in [1.807, 2.05) is 64.1 Å². The summed E-state index contributed by atoms with van der Waals surface area (Å²) in [5.74, 6) is 1.31. The third-order valence-electron chi connectivity index (χ3n) is 4.24. The van der Waals surface area contributed by atoms with Crippen LogP contribution in [-0.2, 0) is 4.57 Å². The van der Waals surface area contributed by atoms with E-state index >= 15 is 0 Å². The van der Waals surface area contributed by atoms with Crippen LogP contribution in [-0.4, -0.2) is 0 Å². The highest BCUT2D eigenvalue weighted by Gasteiger charge is 2.33. The Morgan fingerprint density at radius 3 is 1.59 bits per heavy atom. The van der Waals surface area contributed by atoms with Gasteiger partial charge in [-0.05, 0) is 69.2 Å². The highest BCUT2D eigenvalue weighted by Crippen LogP contribution is 2.50. The summed E-state index contributed by atoms with van der Waals surface area (Å²) in [5.41, 5.74) is 4.07. The van der Waals surface area contributed by atoms with Crippen LogP contribution >= 0.6 is 7.82 Å². The Morgan fingerprint density at radius 2 is 1.11 bits per heavy atom. The van der Waals surface area contributed by atoms with Crippen molar-refractivity contribution in [2.45, 2.75) is 27.7 Å². The first kappa shape index (κ1) is 19.1. The van der Waals surface area contributed by atoms with Crippen molar-refractivity contribution in [1.82, 2.24) is 0 Å². The fraction of sp³-hybridized carbons (Fsp3) is 0.182. The average molecular weight is 382 g/mol. The third-order valence-corrected chi connectivity index (χ3v) is 5.53. The van der Waals surface area contributed by atoms with Gasteiger partial charge in [0.05, 0.1) is 0 Å². The molecule has 27 heavy (non-hydrogen) atoms. The van der Waals surface area contributed by atoms with E-state index in [4.69, 9.17) is 13.6 Å². The molecule has 0 heterocycles. The number of benzene rings is 3. The van der Waals surface area contributed by atoms with Gasteiger partial charge >= 0.3 is 7.82 Å². The normalized spacial score (nSPS) is 11.1. The fourth-order valence-electron chi connectivity index (χ4n) is 2.46. The number of hydrogen-bond acceptors (Lipinski definition) is 4. The van der Waals surface area contributed by atoms with Crippen molar-refractivity contribution in [3.05, 3.63) is 89.0 Å². The van der Waals surface area contributed by atoms with Gasteiger partial charge in [0.2, 0.25) is 0 Å². The maximum Gasteiger partial charge on any atom is 0.647 e. The van der Waals surface area contributed by atoms with Crippen molar-refractivity contribution < 1.29 is 18.1 Å². The SMILES string of the molecule is Cc1ccc(OP(=O)(Oc2ccc(C)cc2)Oc2cccc(C)c2C)cc1. The molecule has 0 aromatic heterocycles. The Bertz CT molecular complexity index is 911. The molecule has 0 saturated carbocycles. The number of rotatable bonds is 6. The Morgan fingerprint density at radius 1 is 0.630 bits per heavy atom. The average Bonchev–Trinajstić information content (AvgIpc) is 2.63. The number of phosphoric ester groups is 1. The van der Waals surface area contributed by atoms with E-state index < -0.39 is 7.82 Å². The molecule has 5 heteroatoms. The van der Waals surface area contributed by atoms with E-state index in [0.29, 0.717) is 17.2 Å². The molecule has 0 unspecified atom stereocenters. The first-order valence-electron chi connectivity index (χ1n) is 8.73. The molecule has 3 rings (SSSR count). The monoisotopic (exact) mass is 382 g/mol. The van der Waals surface area contributed by atoms with E-state index in [9.17, 15) is 4.57 Å². The van der Waals surface area contributed by atoms with E-state index in [1.54, 1.807) is 30.3 Å². The first-order chi connectivity index (χ1) is 12.8. The Hall–Kier alpha value is -2.71. The summed E-state index contributed by atoms with van der Waals surface area (Å²) in [6, 6.07) is 20.1. The Labute approximate surface area is 160 Å². The molecule has 0 amide bonds. The predicted octanol–water partition coefficient (Wildman–Crippen LogP) is 6.57. The minimum atomic E-state index is -3.96. The van der Waals surface area contributed by atoms with E-state index in [-0.39, 0.29) is 0 Å². The van der Waals surface area contributed by atoms with Crippen LogP contribution in [0.5, 0.6) is 17.2 Å². The standard InChI is InChI=1S/C22H23O4P/c1-16-8-12-20(13-9-16)24-27(23,25-21-14-10-17(2)11-15-21)26-22-7-5-6-18(3)19(22)4/h5-15H,1-4H3. The molecule has 0 spiro atoms. The highest BCUT2D eigenvalue weighted by atomic mass is 31.2. The second-order valence-corrected chi connectivity index (χ2v) is 7.99. The summed E-state index contributed by atoms with van der Waals surface area (Å²) in [4.78, 5) is 0. The lowest BCUT2D eigenvalue weighted by molar-refractivity contribution is 0.297. The molecule has 0 aliphatic rings. The molecule has 0 atom stereocenters. The summed E-state index contributed by atoms with van der Waals surface area (Å²) >= 11 is 0. The molecular formula is C22H23O4P. The lowest BCUT2D eigenvalue weighted by Gasteiger charge is -2.21. The van der Waals surface area contributed by atoms with Crippen molar-refractivity contribution >= 4 is 7.82 Å². The summed E-state index contributed by atoms with van der Waals surface area (Å²) < 4.78 is 30.7. The van der Waals surface area contributed by atoms with Crippen LogP contribution in [0.1, 0.15) is 22.3 Å². The number of phosphoric acid groups is 1. The summed E-state index contributed by atoms with van der Waals surface area (Å²) in [5, 5.41) is 0. The summed E-state index contributed by atoms with van der Waals surface area (Å²) in [6.07, 6.45) is 0. The molecule has 4 nitrogen and oxygen atoms in total. The van der Waals surface area contributed by atoms with Gasteiger partial charge in [-0.25, -0.2) is 0 Å². The van der Waals surface area contributed by atoms with Gasteiger partial charge in [0.25, 0.3) is 0 Å². The highest BCUT2D eigenvalue weighted by molar-refractivity contribution is 7.49. The maximum absolute atomic E-state index is 13.5. The van der Waals surface area contributed by atoms with Crippen molar-refractivity contribution in [2.24, 2.45) is 0 Å². The van der Waals surface area contributed by atoms with Gasteiger partial charge in [-0.1, -0.05) is 47.5 Å². The molecule has 0 radical (unpaired) electrons. The second kappa shape index (κ2) is 7.89. The van der Waals surface area contributed by atoms with Gasteiger partial charge < -0.3 is 13.6 Å². The number of hydrogen-bond donors (Lipinski definition) is 0. The Balaban J connectivity index is 1.93. The van der Waals surface area contributed by atoms with Crippen LogP contribution in [0.25, 0.3) is 0 Å². The van der Waals surface area contributed by atoms with Crippen molar-refractivity contribution in [2.75, 3.05) is 0 Å². The minimum Gasteiger partial charge on any atom is -0.386 e. The lowest BCUT2D eigenvalue weighted by atomic mass is 10.1. The molecule has 3 aromatic carbocycles. The van der Waals surface area contributed by atoms with Crippen molar-refractivity contribution in [3.8, 4) is 17.2 Å². The first-order valence-corrected chi connectivity index (χ1v) is 10.2. The van der Waals surface area contributed by atoms with Crippen LogP contribution in [0, 0.1) is 27.7 Å². The zero-order valence-electron chi connectivity index (χ0n) is 15.9. The quantitative estimate of drug-likeness (QED) is 0.453. The van der Waals surface area contributed by atoms with Crippen LogP contribution in [0.3, 0.4) is 0 Å². The second-order valence-electron chi connectivity index (χ2n) is 6.55. The fourth-order valence-corrected chi connectivity index (χ4v) is 3.77. The molecule has 0 bridgehead atoms. The summed E-state index contributed by atoms with van der Waals surface area (Å²) in [7, 11) is -3.96. The lowest BCUT2D eigenvalue weighted by Crippen LogP contribution is -2.08. The zero-order valence-corrected chi connectivity index (χ0v) is 16.8. The minimum absolute atomic E-state index is 0.418.